The number of halogens is 4. The van der Waals surface area contributed by atoms with Crippen molar-refractivity contribution in [3.05, 3.63) is 62.7 Å². The Balaban J connectivity index is 1.57. The summed E-state index contributed by atoms with van der Waals surface area (Å²) in [5.41, 5.74) is 1.28. The summed E-state index contributed by atoms with van der Waals surface area (Å²) in [6.45, 7) is 1.70. The molecule has 0 amide bonds. The van der Waals surface area contributed by atoms with E-state index >= 15 is 0 Å². The molecule has 1 saturated heterocycles. The van der Waals surface area contributed by atoms with Crippen molar-refractivity contribution in [2.75, 3.05) is 24.9 Å². The van der Waals surface area contributed by atoms with Crippen LogP contribution in [-0.4, -0.2) is 39.6 Å². The number of hydrogen-bond acceptors (Lipinski definition) is 5. The van der Waals surface area contributed by atoms with E-state index in [1.165, 1.54) is 24.3 Å². The summed E-state index contributed by atoms with van der Waals surface area (Å²) in [7, 11) is -1.93. The Morgan fingerprint density at radius 1 is 1.12 bits per heavy atom. The van der Waals surface area contributed by atoms with Gasteiger partial charge in [-0.2, -0.15) is 0 Å². The zero-order chi connectivity index (χ0) is 23.0. The zero-order valence-electron chi connectivity index (χ0n) is 16.7. The topological polar surface area (TPSA) is 58.6 Å². The highest BCUT2D eigenvalue weighted by Crippen LogP contribution is 2.40. The van der Waals surface area contributed by atoms with Gasteiger partial charge in [-0.15, -0.1) is 11.3 Å². The summed E-state index contributed by atoms with van der Waals surface area (Å²) in [5.74, 6) is -0.153. The molecule has 1 aliphatic rings. The molecule has 0 radical (unpaired) electrons. The van der Waals surface area contributed by atoms with E-state index < -0.39 is 15.8 Å². The van der Waals surface area contributed by atoms with E-state index in [9.17, 15) is 12.8 Å². The van der Waals surface area contributed by atoms with Crippen LogP contribution in [0.5, 0.6) is 5.75 Å². The molecule has 1 N–H and O–H groups in total. The van der Waals surface area contributed by atoms with Gasteiger partial charge in [-0.3, -0.25) is 4.72 Å². The number of rotatable bonds is 6. The molecule has 2 aromatic carbocycles. The van der Waals surface area contributed by atoms with Crippen LogP contribution < -0.4 is 9.46 Å². The van der Waals surface area contributed by atoms with Crippen molar-refractivity contribution >= 4 is 61.9 Å². The zero-order valence-corrected chi connectivity index (χ0v) is 20.6. The monoisotopic (exact) mass is 534 g/mol. The average Bonchev–Trinajstić information content (AvgIpc) is 3.32. The molecule has 0 aliphatic carbocycles. The predicted octanol–water partition coefficient (Wildman–Crippen LogP) is 6.40. The molecule has 1 aliphatic heterocycles. The fourth-order valence-electron chi connectivity index (χ4n) is 3.37. The SMILES string of the molecule is CN1CCC(Oc2cc(NS(=O)(=O)c3cc(-c4ccc(F)c(Cl)c4)c(Cl)s3)ccc2Cl)C1. The summed E-state index contributed by atoms with van der Waals surface area (Å²) in [5, 5.41) is 0.326. The van der Waals surface area contributed by atoms with E-state index in [0.29, 0.717) is 27.6 Å². The number of sulfonamides is 1. The Hall–Kier alpha value is -1.55. The molecular formula is C21H18Cl3FN2O3S2. The summed E-state index contributed by atoms with van der Waals surface area (Å²) in [6.07, 6.45) is 0.859. The largest absolute Gasteiger partial charge is 0.487 e. The highest BCUT2D eigenvalue weighted by molar-refractivity contribution is 7.94. The molecule has 1 atom stereocenters. The number of likely N-dealkylation sites (N-methyl/N-ethyl adjacent to an activating group) is 1. The number of ether oxygens (including phenoxy) is 1. The minimum atomic E-state index is -3.94. The van der Waals surface area contributed by atoms with Crippen LogP contribution in [0, 0.1) is 5.82 Å². The van der Waals surface area contributed by atoms with E-state index in [4.69, 9.17) is 39.5 Å². The molecular weight excluding hydrogens is 518 g/mol. The van der Waals surface area contributed by atoms with Crippen molar-refractivity contribution in [3.8, 4) is 16.9 Å². The summed E-state index contributed by atoms with van der Waals surface area (Å²) < 4.78 is 48.2. The van der Waals surface area contributed by atoms with Crippen molar-refractivity contribution < 1.29 is 17.5 Å². The van der Waals surface area contributed by atoms with Gasteiger partial charge < -0.3 is 9.64 Å². The molecule has 170 valence electrons. The molecule has 1 unspecified atom stereocenters. The maximum absolute atomic E-state index is 13.5. The first-order valence-corrected chi connectivity index (χ1v) is 13.0. The molecule has 0 saturated carbocycles. The lowest BCUT2D eigenvalue weighted by Gasteiger charge is -2.16. The fourth-order valence-corrected chi connectivity index (χ4v) is 6.53. The van der Waals surface area contributed by atoms with Crippen LogP contribution in [0.1, 0.15) is 6.42 Å². The molecule has 2 heterocycles. The third kappa shape index (κ3) is 5.16. The van der Waals surface area contributed by atoms with Crippen LogP contribution in [0.4, 0.5) is 10.1 Å². The highest BCUT2D eigenvalue weighted by atomic mass is 35.5. The maximum Gasteiger partial charge on any atom is 0.271 e. The first-order chi connectivity index (χ1) is 15.1. The quantitative estimate of drug-likeness (QED) is 0.397. The first-order valence-electron chi connectivity index (χ1n) is 9.55. The molecule has 11 heteroatoms. The average molecular weight is 536 g/mol. The first kappa shape index (κ1) is 23.6. The lowest BCUT2D eigenvalue weighted by Crippen LogP contribution is -2.21. The molecule has 1 aromatic heterocycles. The van der Waals surface area contributed by atoms with Crippen molar-refractivity contribution in [1.29, 1.82) is 0 Å². The van der Waals surface area contributed by atoms with Crippen molar-refractivity contribution in [1.82, 2.24) is 4.90 Å². The van der Waals surface area contributed by atoms with Gasteiger partial charge in [0, 0.05) is 24.7 Å². The Morgan fingerprint density at radius 2 is 1.91 bits per heavy atom. The molecule has 1 fully saturated rings. The molecule has 3 aromatic rings. The van der Waals surface area contributed by atoms with E-state index in [-0.39, 0.29) is 19.7 Å². The lowest BCUT2D eigenvalue weighted by atomic mass is 10.1. The van der Waals surface area contributed by atoms with Crippen molar-refractivity contribution in [3.63, 3.8) is 0 Å². The number of nitrogens with one attached hydrogen (secondary N) is 1. The van der Waals surface area contributed by atoms with Gasteiger partial charge in [0.25, 0.3) is 10.0 Å². The molecule has 4 rings (SSSR count). The van der Waals surface area contributed by atoms with E-state index in [1.807, 2.05) is 7.05 Å². The highest BCUT2D eigenvalue weighted by Gasteiger charge is 2.24. The number of likely N-dealkylation sites (tertiary alicyclic amines) is 1. The third-order valence-electron chi connectivity index (χ3n) is 4.98. The van der Waals surface area contributed by atoms with E-state index in [2.05, 4.69) is 9.62 Å². The maximum atomic E-state index is 13.5. The Morgan fingerprint density at radius 3 is 2.59 bits per heavy atom. The van der Waals surface area contributed by atoms with Crippen molar-refractivity contribution in [2.24, 2.45) is 0 Å². The van der Waals surface area contributed by atoms with Gasteiger partial charge in [-0.1, -0.05) is 40.9 Å². The summed E-state index contributed by atoms with van der Waals surface area (Å²) in [4.78, 5) is 2.15. The Kier molecular flexibility index (Phi) is 6.91. The van der Waals surface area contributed by atoms with E-state index in [0.717, 1.165) is 30.8 Å². The lowest BCUT2D eigenvalue weighted by molar-refractivity contribution is 0.208. The molecule has 32 heavy (non-hydrogen) atoms. The fraction of sp³-hybridized carbons (Fsp3) is 0.238. The normalized spacial score (nSPS) is 17.0. The summed E-state index contributed by atoms with van der Waals surface area (Å²) >= 11 is 19.3. The number of thiophene rings is 1. The second-order valence-electron chi connectivity index (χ2n) is 7.42. The van der Waals surface area contributed by atoms with Crippen LogP contribution in [0.25, 0.3) is 11.1 Å². The summed E-state index contributed by atoms with van der Waals surface area (Å²) in [6, 6.07) is 10.2. The van der Waals surface area contributed by atoms with Gasteiger partial charge >= 0.3 is 0 Å². The van der Waals surface area contributed by atoms with Gasteiger partial charge in [-0.05, 0) is 49.4 Å². The van der Waals surface area contributed by atoms with Gasteiger partial charge in [0.05, 0.1) is 15.7 Å². The van der Waals surface area contributed by atoms with Crippen molar-refractivity contribution in [2.45, 2.75) is 16.7 Å². The van der Waals surface area contributed by atoms with Gasteiger partial charge in [0.2, 0.25) is 0 Å². The van der Waals surface area contributed by atoms with Crippen LogP contribution in [-0.2, 0) is 10.0 Å². The molecule has 5 nitrogen and oxygen atoms in total. The number of hydrogen-bond donors (Lipinski definition) is 1. The number of anilines is 1. The van der Waals surface area contributed by atoms with Crippen LogP contribution in [0.3, 0.4) is 0 Å². The Labute approximate surface area is 204 Å². The molecule has 0 bridgehead atoms. The van der Waals surface area contributed by atoms with Gasteiger partial charge in [-0.25, -0.2) is 12.8 Å². The molecule has 0 spiro atoms. The van der Waals surface area contributed by atoms with Crippen LogP contribution in [0.2, 0.25) is 14.4 Å². The van der Waals surface area contributed by atoms with E-state index in [1.54, 1.807) is 18.2 Å². The number of nitrogens with zero attached hydrogens (tertiary/aromatic N) is 1. The smallest absolute Gasteiger partial charge is 0.271 e. The van der Waals surface area contributed by atoms with Crippen LogP contribution in [0.15, 0.2) is 46.7 Å². The number of benzene rings is 2. The minimum absolute atomic E-state index is 0.00721. The standard InChI is InChI=1S/C21H18Cl3FN2O3S2/c1-27-7-6-14(11-27)30-19-9-13(3-4-16(19)22)26-32(28,29)20-10-15(21(24)31-20)12-2-5-18(25)17(23)8-12/h2-5,8-10,14,26H,6-7,11H2,1H3. The predicted molar refractivity (Wildman–Crippen MR) is 129 cm³/mol. The van der Waals surface area contributed by atoms with Gasteiger partial charge in [0.15, 0.2) is 0 Å². The second kappa shape index (κ2) is 9.37. The van der Waals surface area contributed by atoms with Gasteiger partial charge in [0.1, 0.15) is 26.2 Å². The Bertz CT molecular complexity index is 1270. The second-order valence-corrected chi connectivity index (χ2v) is 11.8. The minimum Gasteiger partial charge on any atom is -0.487 e. The third-order valence-corrected chi connectivity index (χ3v) is 8.80. The van der Waals surface area contributed by atoms with Crippen LogP contribution >= 0.6 is 46.1 Å².